The van der Waals surface area contributed by atoms with Gasteiger partial charge in [0.2, 0.25) is 0 Å². The second kappa shape index (κ2) is 5.82. The van der Waals surface area contributed by atoms with Crippen LogP contribution in [0, 0.1) is 5.82 Å². The lowest BCUT2D eigenvalue weighted by atomic mass is 10.3. The highest BCUT2D eigenvalue weighted by Crippen LogP contribution is 2.20. The Morgan fingerprint density at radius 2 is 2.12 bits per heavy atom. The molecule has 1 N–H and O–H groups in total. The standard InChI is InChI=1S/C11H15BrFNO2S/c1-3-17(15,16)7-8(2)14-11-6-9(12)4-5-10(11)13/h4-6,8,14H,3,7H2,1-2H3. The number of sulfone groups is 1. The molecule has 1 aromatic carbocycles. The molecule has 96 valence electrons. The van der Waals surface area contributed by atoms with E-state index in [1.807, 2.05) is 0 Å². The van der Waals surface area contributed by atoms with Crippen molar-refractivity contribution in [2.45, 2.75) is 19.9 Å². The van der Waals surface area contributed by atoms with Gasteiger partial charge in [-0.1, -0.05) is 22.9 Å². The van der Waals surface area contributed by atoms with Crippen molar-refractivity contribution in [2.75, 3.05) is 16.8 Å². The summed E-state index contributed by atoms with van der Waals surface area (Å²) < 4.78 is 37.0. The van der Waals surface area contributed by atoms with Gasteiger partial charge in [-0.2, -0.15) is 0 Å². The van der Waals surface area contributed by atoms with Crippen molar-refractivity contribution in [3.63, 3.8) is 0 Å². The molecule has 0 saturated heterocycles. The maximum absolute atomic E-state index is 13.4. The normalized spacial score (nSPS) is 13.4. The number of anilines is 1. The molecule has 3 nitrogen and oxygen atoms in total. The topological polar surface area (TPSA) is 46.2 Å². The van der Waals surface area contributed by atoms with E-state index in [0.717, 1.165) is 4.47 Å². The van der Waals surface area contributed by atoms with Gasteiger partial charge >= 0.3 is 0 Å². The molecule has 0 saturated carbocycles. The molecule has 0 aliphatic heterocycles. The smallest absolute Gasteiger partial charge is 0.152 e. The molecule has 1 unspecified atom stereocenters. The number of nitrogens with one attached hydrogen (secondary N) is 1. The number of hydrogen-bond acceptors (Lipinski definition) is 3. The van der Waals surface area contributed by atoms with Gasteiger partial charge in [-0.05, 0) is 25.1 Å². The lowest BCUT2D eigenvalue weighted by molar-refractivity contribution is 0.592. The number of rotatable bonds is 5. The second-order valence-corrected chi connectivity index (χ2v) is 7.18. The van der Waals surface area contributed by atoms with Crippen LogP contribution in [-0.4, -0.2) is 26.0 Å². The van der Waals surface area contributed by atoms with Crippen molar-refractivity contribution in [1.29, 1.82) is 0 Å². The Hall–Kier alpha value is -0.620. The van der Waals surface area contributed by atoms with Crippen molar-refractivity contribution in [3.05, 3.63) is 28.5 Å². The zero-order valence-electron chi connectivity index (χ0n) is 9.70. The quantitative estimate of drug-likeness (QED) is 0.906. The first-order valence-electron chi connectivity index (χ1n) is 5.26. The van der Waals surface area contributed by atoms with Crippen molar-refractivity contribution in [1.82, 2.24) is 0 Å². The molecule has 1 atom stereocenters. The van der Waals surface area contributed by atoms with E-state index in [9.17, 15) is 12.8 Å². The first-order valence-corrected chi connectivity index (χ1v) is 7.87. The van der Waals surface area contributed by atoms with Crippen molar-refractivity contribution >= 4 is 31.5 Å². The first-order chi connectivity index (χ1) is 7.84. The molecule has 0 aliphatic rings. The molecule has 0 radical (unpaired) electrons. The summed E-state index contributed by atoms with van der Waals surface area (Å²) >= 11 is 3.24. The van der Waals surface area contributed by atoms with Gasteiger partial charge in [0.15, 0.2) is 9.84 Å². The van der Waals surface area contributed by atoms with Gasteiger partial charge in [0.25, 0.3) is 0 Å². The highest BCUT2D eigenvalue weighted by molar-refractivity contribution is 9.10. The van der Waals surface area contributed by atoms with Crippen LogP contribution in [-0.2, 0) is 9.84 Å². The Kier molecular flexibility index (Phi) is 4.94. The summed E-state index contributed by atoms with van der Waals surface area (Å²) in [5, 5.41) is 2.86. The molecule has 0 aromatic heterocycles. The fourth-order valence-corrected chi connectivity index (χ4v) is 2.86. The molecular formula is C11H15BrFNO2S. The molecule has 0 heterocycles. The fourth-order valence-electron chi connectivity index (χ4n) is 1.41. The van der Waals surface area contributed by atoms with E-state index in [4.69, 9.17) is 0 Å². The molecule has 0 spiro atoms. The summed E-state index contributed by atoms with van der Waals surface area (Å²) in [7, 11) is -3.06. The summed E-state index contributed by atoms with van der Waals surface area (Å²) in [6.07, 6.45) is 0. The van der Waals surface area contributed by atoms with Crippen LogP contribution in [0.4, 0.5) is 10.1 Å². The van der Waals surface area contributed by atoms with Crippen LogP contribution in [0.1, 0.15) is 13.8 Å². The number of halogens is 2. The van der Waals surface area contributed by atoms with Gasteiger partial charge < -0.3 is 5.32 Å². The van der Waals surface area contributed by atoms with E-state index < -0.39 is 15.7 Å². The Morgan fingerprint density at radius 3 is 2.71 bits per heavy atom. The van der Waals surface area contributed by atoms with E-state index in [1.165, 1.54) is 6.07 Å². The lowest BCUT2D eigenvalue weighted by Crippen LogP contribution is -2.27. The van der Waals surface area contributed by atoms with Crippen LogP contribution in [0.5, 0.6) is 0 Å². The average molecular weight is 324 g/mol. The van der Waals surface area contributed by atoms with Gasteiger partial charge in [0.1, 0.15) is 5.82 Å². The Bertz CT molecular complexity index is 490. The zero-order chi connectivity index (χ0) is 13.1. The van der Waals surface area contributed by atoms with E-state index in [1.54, 1.807) is 26.0 Å². The van der Waals surface area contributed by atoms with Crippen LogP contribution in [0.25, 0.3) is 0 Å². The first kappa shape index (κ1) is 14.4. The molecule has 1 rings (SSSR count). The Morgan fingerprint density at radius 1 is 1.47 bits per heavy atom. The number of hydrogen-bond donors (Lipinski definition) is 1. The minimum absolute atomic E-state index is 0.00451. The highest BCUT2D eigenvalue weighted by atomic mass is 79.9. The molecule has 0 fully saturated rings. The second-order valence-electron chi connectivity index (χ2n) is 3.87. The minimum Gasteiger partial charge on any atom is -0.379 e. The van der Waals surface area contributed by atoms with Crippen LogP contribution in [0.15, 0.2) is 22.7 Å². The molecular weight excluding hydrogens is 309 g/mol. The van der Waals surface area contributed by atoms with Crippen molar-refractivity contribution in [3.8, 4) is 0 Å². The molecule has 0 amide bonds. The third-order valence-corrected chi connectivity index (χ3v) is 4.65. The van der Waals surface area contributed by atoms with Gasteiger partial charge in [0.05, 0.1) is 11.4 Å². The maximum Gasteiger partial charge on any atom is 0.152 e. The summed E-state index contributed by atoms with van der Waals surface area (Å²) in [5.74, 6) is -0.302. The molecule has 0 aliphatic carbocycles. The monoisotopic (exact) mass is 323 g/mol. The average Bonchev–Trinajstić information content (AvgIpc) is 2.23. The zero-order valence-corrected chi connectivity index (χ0v) is 12.1. The Labute approximate surface area is 109 Å². The van der Waals surface area contributed by atoms with E-state index in [0.29, 0.717) is 5.69 Å². The third kappa shape index (κ3) is 4.63. The van der Waals surface area contributed by atoms with Gasteiger partial charge in [-0.3, -0.25) is 0 Å². The van der Waals surface area contributed by atoms with E-state index in [-0.39, 0.29) is 17.5 Å². The summed E-state index contributed by atoms with van der Waals surface area (Å²) in [5.41, 5.74) is 0.304. The van der Waals surface area contributed by atoms with Crippen LogP contribution >= 0.6 is 15.9 Å². The van der Waals surface area contributed by atoms with E-state index >= 15 is 0 Å². The van der Waals surface area contributed by atoms with Gasteiger partial charge in [-0.25, -0.2) is 12.8 Å². The van der Waals surface area contributed by atoms with Crippen LogP contribution in [0.2, 0.25) is 0 Å². The summed E-state index contributed by atoms with van der Waals surface area (Å²) in [6.45, 7) is 3.31. The molecule has 6 heteroatoms. The molecule has 17 heavy (non-hydrogen) atoms. The predicted molar refractivity (Wildman–Crippen MR) is 71.5 cm³/mol. The minimum atomic E-state index is -3.06. The largest absolute Gasteiger partial charge is 0.379 e. The maximum atomic E-state index is 13.4. The predicted octanol–water partition coefficient (Wildman–Crippen LogP) is 2.82. The highest BCUT2D eigenvalue weighted by Gasteiger charge is 2.14. The summed E-state index contributed by atoms with van der Waals surface area (Å²) in [4.78, 5) is 0. The van der Waals surface area contributed by atoms with Crippen molar-refractivity contribution in [2.24, 2.45) is 0 Å². The van der Waals surface area contributed by atoms with E-state index in [2.05, 4.69) is 21.2 Å². The fraction of sp³-hybridized carbons (Fsp3) is 0.455. The van der Waals surface area contributed by atoms with Crippen molar-refractivity contribution < 1.29 is 12.8 Å². The van der Waals surface area contributed by atoms with Gasteiger partial charge in [-0.15, -0.1) is 0 Å². The van der Waals surface area contributed by atoms with Crippen LogP contribution < -0.4 is 5.32 Å². The Balaban J connectivity index is 2.74. The lowest BCUT2D eigenvalue weighted by Gasteiger charge is -2.15. The SMILES string of the molecule is CCS(=O)(=O)CC(C)Nc1cc(Br)ccc1F. The number of benzene rings is 1. The summed E-state index contributed by atoms with van der Waals surface area (Å²) in [6, 6.07) is 4.18. The van der Waals surface area contributed by atoms with Gasteiger partial charge in [0, 0.05) is 16.3 Å². The molecule has 0 bridgehead atoms. The molecule has 1 aromatic rings. The van der Waals surface area contributed by atoms with Crippen LogP contribution in [0.3, 0.4) is 0 Å². The third-order valence-electron chi connectivity index (χ3n) is 2.27.